The zero-order valence-electron chi connectivity index (χ0n) is 12.4. The molecule has 2 rings (SSSR count). The van der Waals surface area contributed by atoms with Crippen molar-refractivity contribution in [3.05, 3.63) is 28.7 Å². The summed E-state index contributed by atoms with van der Waals surface area (Å²) in [5.41, 5.74) is 0. The van der Waals surface area contributed by atoms with Gasteiger partial charge in [0.25, 0.3) is 0 Å². The van der Waals surface area contributed by atoms with Crippen LogP contribution in [0.3, 0.4) is 0 Å². The van der Waals surface area contributed by atoms with Crippen LogP contribution in [-0.4, -0.2) is 41.9 Å². The van der Waals surface area contributed by atoms with E-state index in [4.69, 9.17) is 4.74 Å². The van der Waals surface area contributed by atoms with Crippen molar-refractivity contribution < 1.29 is 9.84 Å². The summed E-state index contributed by atoms with van der Waals surface area (Å²) in [5, 5.41) is 14.3. The van der Waals surface area contributed by atoms with Crippen LogP contribution in [0.25, 0.3) is 0 Å². The average molecular weight is 374 g/mol. The Morgan fingerprint density at radius 3 is 3.10 bits per heavy atom. The highest BCUT2D eigenvalue weighted by molar-refractivity contribution is 9.10. The normalized spacial score (nSPS) is 23.8. The van der Waals surface area contributed by atoms with Crippen molar-refractivity contribution in [1.29, 1.82) is 0 Å². The molecule has 2 N–H and O–H groups in total. The average Bonchev–Trinajstić information content (AvgIpc) is 2.51. The van der Waals surface area contributed by atoms with E-state index in [0.717, 1.165) is 15.5 Å². The first-order valence-electron chi connectivity index (χ1n) is 7.50. The molecule has 1 fully saturated rings. The number of aliphatic hydroxyl groups excluding tert-OH is 1. The summed E-state index contributed by atoms with van der Waals surface area (Å²) in [7, 11) is 0. The van der Waals surface area contributed by atoms with Crippen LogP contribution in [0.2, 0.25) is 0 Å². The summed E-state index contributed by atoms with van der Waals surface area (Å²) < 4.78 is 6.59. The van der Waals surface area contributed by atoms with Crippen molar-refractivity contribution in [3.63, 3.8) is 0 Å². The minimum atomic E-state index is -0.473. The second-order valence-corrected chi connectivity index (χ2v) is 7.61. The van der Waals surface area contributed by atoms with Crippen LogP contribution in [0.5, 0.6) is 5.75 Å². The lowest BCUT2D eigenvalue weighted by Gasteiger charge is -2.29. The summed E-state index contributed by atoms with van der Waals surface area (Å²) in [6.45, 7) is 0.919. The molecule has 1 aliphatic carbocycles. The highest BCUT2D eigenvalue weighted by atomic mass is 79.9. The Hall–Kier alpha value is -0.230. The Labute approximate surface area is 140 Å². The summed E-state index contributed by atoms with van der Waals surface area (Å²) in [6.07, 6.45) is 6.75. The number of nitrogens with one attached hydrogen (secondary N) is 1. The SMILES string of the molecule is CSC1CCCC(NCC(O)COc2cccc(Br)c2)C1. The van der Waals surface area contributed by atoms with Gasteiger partial charge in [-0.1, -0.05) is 28.4 Å². The summed E-state index contributed by atoms with van der Waals surface area (Å²) >= 11 is 5.37. The maximum atomic E-state index is 10.0. The molecular weight excluding hydrogens is 350 g/mol. The molecule has 0 radical (unpaired) electrons. The molecule has 21 heavy (non-hydrogen) atoms. The molecule has 3 atom stereocenters. The maximum absolute atomic E-state index is 10.0. The number of hydrogen-bond donors (Lipinski definition) is 2. The molecule has 0 aromatic heterocycles. The summed E-state index contributed by atoms with van der Waals surface area (Å²) in [5.74, 6) is 0.781. The summed E-state index contributed by atoms with van der Waals surface area (Å²) in [4.78, 5) is 0. The van der Waals surface area contributed by atoms with Crippen molar-refractivity contribution in [2.24, 2.45) is 0 Å². The molecule has 0 saturated heterocycles. The third-order valence-corrected chi connectivity index (χ3v) is 5.43. The van der Waals surface area contributed by atoms with Gasteiger partial charge in [0.2, 0.25) is 0 Å². The third-order valence-electron chi connectivity index (χ3n) is 3.84. The maximum Gasteiger partial charge on any atom is 0.120 e. The Kier molecular flexibility index (Phi) is 7.37. The second-order valence-electron chi connectivity index (χ2n) is 5.55. The quantitative estimate of drug-likeness (QED) is 0.767. The molecular formula is C16H24BrNO2S. The van der Waals surface area contributed by atoms with Crippen LogP contribution >= 0.6 is 27.7 Å². The first kappa shape index (κ1) is 17.1. The topological polar surface area (TPSA) is 41.5 Å². The van der Waals surface area contributed by atoms with Crippen molar-refractivity contribution in [1.82, 2.24) is 5.32 Å². The molecule has 1 aliphatic rings. The van der Waals surface area contributed by atoms with E-state index in [0.29, 0.717) is 19.2 Å². The van der Waals surface area contributed by atoms with Gasteiger partial charge < -0.3 is 15.2 Å². The fourth-order valence-corrected chi connectivity index (χ4v) is 3.86. The van der Waals surface area contributed by atoms with Gasteiger partial charge >= 0.3 is 0 Å². The number of halogens is 1. The molecule has 0 aliphatic heterocycles. The number of benzene rings is 1. The Balaban J connectivity index is 1.66. The predicted molar refractivity (Wildman–Crippen MR) is 93.2 cm³/mol. The lowest BCUT2D eigenvalue weighted by Crippen LogP contribution is -2.41. The molecule has 0 heterocycles. The van der Waals surface area contributed by atoms with Crippen molar-refractivity contribution in [3.8, 4) is 5.75 Å². The Bertz CT molecular complexity index is 432. The molecule has 5 heteroatoms. The molecule has 3 unspecified atom stereocenters. The van der Waals surface area contributed by atoms with E-state index in [1.165, 1.54) is 25.7 Å². The van der Waals surface area contributed by atoms with Crippen LogP contribution in [-0.2, 0) is 0 Å². The van der Waals surface area contributed by atoms with Gasteiger partial charge in [0.15, 0.2) is 0 Å². The Morgan fingerprint density at radius 1 is 1.48 bits per heavy atom. The zero-order valence-corrected chi connectivity index (χ0v) is 14.8. The van der Waals surface area contributed by atoms with Crippen LogP contribution in [0.15, 0.2) is 28.7 Å². The first-order chi connectivity index (χ1) is 10.2. The number of thioether (sulfide) groups is 1. The number of ether oxygens (including phenoxy) is 1. The Morgan fingerprint density at radius 2 is 2.33 bits per heavy atom. The molecule has 1 aromatic rings. The van der Waals surface area contributed by atoms with Crippen LogP contribution in [0.1, 0.15) is 25.7 Å². The standard InChI is InChI=1S/C16H24BrNO2S/c1-21-16-7-3-5-13(9-16)18-10-14(19)11-20-15-6-2-4-12(17)8-15/h2,4,6,8,13-14,16,18-19H,3,5,7,9-11H2,1H3. The van der Waals surface area contributed by atoms with Crippen LogP contribution in [0, 0.1) is 0 Å². The van der Waals surface area contributed by atoms with Gasteiger partial charge in [-0.25, -0.2) is 0 Å². The highest BCUT2D eigenvalue weighted by Gasteiger charge is 2.21. The van der Waals surface area contributed by atoms with E-state index in [1.807, 2.05) is 36.0 Å². The minimum absolute atomic E-state index is 0.322. The largest absolute Gasteiger partial charge is 0.491 e. The number of hydrogen-bond acceptors (Lipinski definition) is 4. The lowest BCUT2D eigenvalue weighted by molar-refractivity contribution is 0.102. The number of aliphatic hydroxyl groups is 1. The second kappa shape index (κ2) is 9.03. The minimum Gasteiger partial charge on any atom is -0.491 e. The molecule has 3 nitrogen and oxygen atoms in total. The van der Waals surface area contributed by atoms with Crippen LogP contribution in [0.4, 0.5) is 0 Å². The van der Waals surface area contributed by atoms with Crippen LogP contribution < -0.4 is 10.1 Å². The van der Waals surface area contributed by atoms with Crippen molar-refractivity contribution >= 4 is 27.7 Å². The first-order valence-corrected chi connectivity index (χ1v) is 9.58. The molecule has 0 amide bonds. The van der Waals surface area contributed by atoms with Gasteiger partial charge in [-0.3, -0.25) is 0 Å². The third kappa shape index (κ3) is 6.19. The predicted octanol–water partition coefficient (Wildman–Crippen LogP) is 3.45. The van der Waals surface area contributed by atoms with E-state index in [1.54, 1.807) is 0 Å². The van der Waals surface area contributed by atoms with E-state index < -0.39 is 6.10 Å². The van der Waals surface area contributed by atoms with Gasteiger partial charge in [-0.05, 0) is 43.7 Å². The fraction of sp³-hybridized carbons (Fsp3) is 0.625. The van der Waals surface area contributed by atoms with Crippen molar-refractivity contribution in [2.45, 2.75) is 43.1 Å². The molecule has 0 spiro atoms. The molecule has 1 aromatic carbocycles. The molecule has 118 valence electrons. The fourth-order valence-electron chi connectivity index (χ4n) is 2.66. The van der Waals surface area contributed by atoms with Gasteiger partial charge in [-0.15, -0.1) is 0 Å². The van der Waals surface area contributed by atoms with Crippen molar-refractivity contribution in [2.75, 3.05) is 19.4 Å². The van der Waals surface area contributed by atoms with Gasteiger partial charge in [0.05, 0.1) is 0 Å². The van der Waals surface area contributed by atoms with E-state index in [9.17, 15) is 5.11 Å². The summed E-state index contributed by atoms with van der Waals surface area (Å²) in [6, 6.07) is 8.22. The smallest absolute Gasteiger partial charge is 0.120 e. The highest BCUT2D eigenvalue weighted by Crippen LogP contribution is 2.26. The lowest BCUT2D eigenvalue weighted by atomic mass is 9.95. The van der Waals surface area contributed by atoms with E-state index in [-0.39, 0.29) is 0 Å². The van der Waals surface area contributed by atoms with Gasteiger partial charge in [-0.2, -0.15) is 11.8 Å². The molecule has 0 bridgehead atoms. The van der Waals surface area contributed by atoms with E-state index in [2.05, 4.69) is 27.5 Å². The zero-order chi connectivity index (χ0) is 15.1. The van der Waals surface area contributed by atoms with Gasteiger partial charge in [0, 0.05) is 22.3 Å². The number of rotatable bonds is 7. The van der Waals surface area contributed by atoms with E-state index >= 15 is 0 Å². The van der Waals surface area contributed by atoms with Gasteiger partial charge in [0.1, 0.15) is 18.5 Å². The monoisotopic (exact) mass is 373 g/mol. The molecule has 1 saturated carbocycles.